The smallest absolute Gasteiger partial charge is 0.247 e. The number of amides is 1. The fraction of sp³-hybridized carbons (Fsp3) is 0.214. The van der Waals surface area contributed by atoms with Crippen molar-refractivity contribution >= 4 is 11.7 Å². The topological polar surface area (TPSA) is 104 Å². The average Bonchev–Trinajstić information content (AvgIpc) is 3.23. The van der Waals surface area contributed by atoms with Crippen LogP contribution in [-0.4, -0.2) is 22.6 Å². The summed E-state index contributed by atoms with van der Waals surface area (Å²) in [6, 6.07) is 22.4. The number of benzene rings is 2. The first-order valence-electron chi connectivity index (χ1n) is 11.4. The number of anilines is 1. The minimum Gasteiger partial charge on any atom is -0.361 e. The van der Waals surface area contributed by atoms with Crippen molar-refractivity contribution in [3.8, 4) is 17.2 Å². The Balaban J connectivity index is 1.47. The third-order valence-corrected chi connectivity index (χ3v) is 5.97. The summed E-state index contributed by atoms with van der Waals surface area (Å²) in [7, 11) is 0. The SMILES string of the molecule is Cc1noc(C)c1-c1ccc(NC(=O)C(NC[C@@H](C)c2ccc(C#N)cc2)c2ccccc2)nc1. The van der Waals surface area contributed by atoms with E-state index in [1.807, 2.05) is 74.5 Å². The maximum Gasteiger partial charge on any atom is 0.247 e. The molecule has 0 aliphatic carbocycles. The predicted octanol–water partition coefficient (Wildman–Crippen LogP) is 5.30. The molecule has 2 heterocycles. The lowest BCUT2D eigenvalue weighted by Gasteiger charge is -2.21. The first kappa shape index (κ1) is 23.9. The molecule has 7 nitrogen and oxygen atoms in total. The average molecular weight is 466 g/mol. The Hall–Kier alpha value is -4.28. The van der Waals surface area contributed by atoms with Crippen LogP contribution in [0.25, 0.3) is 11.1 Å². The summed E-state index contributed by atoms with van der Waals surface area (Å²) in [5.74, 6) is 1.15. The van der Waals surface area contributed by atoms with Crippen LogP contribution >= 0.6 is 0 Å². The zero-order chi connectivity index (χ0) is 24.8. The Morgan fingerprint density at radius 2 is 1.77 bits per heavy atom. The van der Waals surface area contributed by atoms with Crippen LogP contribution in [0.15, 0.2) is 77.4 Å². The van der Waals surface area contributed by atoms with Crippen LogP contribution in [-0.2, 0) is 4.79 Å². The maximum absolute atomic E-state index is 13.3. The number of pyridine rings is 1. The molecule has 0 radical (unpaired) electrons. The molecule has 7 heteroatoms. The highest BCUT2D eigenvalue weighted by atomic mass is 16.5. The number of hydrogen-bond acceptors (Lipinski definition) is 6. The molecule has 0 aliphatic heterocycles. The lowest BCUT2D eigenvalue weighted by Crippen LogP contribution is -2.35. The summed E-state index contributed by atoms with van der Waals surface area (Å²) < 4.78 is 5.24. The molecule has 0 spiro atoms. The van der Waals surface area contributed by atoms with Gasteiger partial charge in [-0.3, -0.25) is 4.79 Å². The van der Waals surface area contributed by atoms with Crippen molar-refractivity contribution in [1.82, 2.24) is 15.5 Å². The summed E-state index contributed by atoms with van der Waals surface area (Å²) in [6.07, 6.45) is 1.71. The normalized spacial score (nSPS) is 12.5. The van der Waals surface area contributed by atoms with Crippen LogP contribution in [0.3, 0.4) is 0 Å². The Labute approximate surface area is 204 Å². The minimum atomic E-state index is -0.555. The maximum atomic E-state index is 13.3. The van der Waals surface area contributed by atoms with Gasteiger partial charge in [0.05, 0.1) is 17.3 Å². The molecule has 0 bridgehead atoms. The molecule has 0 fully saturated rings. The molecule has 4 rings (SSSR count). The van der Waals surface area contributed by atoms with Crippen molar-refractivity contribution in [3.05, 3.63) is 101 Å². The van der Waals surface area contributed by atoms with Crippen molar-refractivity contribution in [1.29, 1.82) is 5.26 Å². The highest BCUT2D eigenvalue weighted by molar-refractivity contribution is 5.95. The molecular weight excluding hydrogens is 438 g/mol. The summed E-state index contributed by atoms with van der Waals surface area (Å²) in [4.78, 5) is 17.7. The second kappa shape index (κ2) is 10.8. The molecule has 4 aromatic rings. The Morgan fingerprint density at radius 1 is 1.03 bits per heavy atom. The van der Waals surface area contributed by atoms with Gasteiger partial charge in [-0.25, -0.2) is 4.98 Å². The molecule has 2 aromatic carbocycles. The molecule has 35 heavy (non-hydrogen) atoms. The van der Waals surface area contributed by atoms with Crippen LogP contribution in [0, 0.1) is 25.2 Å². The van der Waals surface area contributed by atoms with Crippen LogP contribution in [0.2, 0.25) is 0 Å². The van der Waals surface area contributed by atoms with E-state index in [-0.39, 0.29) is 11.8 Å². The molecular formula is C28H27N5O2. The molecule has 176 valence electrons. The van der Waals surface area contributed by atoms with Crippen molar-refractivity contribution in [2.45, 2.75) is 32.7 Å². The quantitative estimate of drug-likeness (QED) is 0.366. The summed E-state index contributed by atoms with van der Waals surface area (Å²) in [5.41, 5.74) is 5.18. The summed E-state index contributed by atoms with van der Waals surface area (Å²) in [5, 5.41) is 19.3. The number of carbonyl (C=O) groups is 1. The second-order valence-electron chi connectivity index (χ2n) is 8.51. The molecule has 2 atom stereocenters. The van der Waals surface area contributed by atoms with E-state index < -0.39 is 6.04 Å². The van der Waals surface area contributed by atoms with Gasteiger partial charge in [0.1, 0.15) is 17.6 Å². The van der Waals surface area contributed by atoms with Gasteiger partial charge < -0.3 is 15.2 Å². The van der Waals surface area contributed by atoms with E-state index in [9.17, 15) is 4.79 Å². The van der Waals surface area contributed by atoms with E-state index in [0.29, 0.717) is 17.9 Å². The van der Waals surface area contributed by atoms with E-state index in [0.717, 1.165) is 33.7 Å². The molecule has 1 unspecified atom stereocenters. The monoisotopic (exact) mass is 465 g/mol. The Morgan fingerprint density at radius 3 is 2.37 bits per heavy atom. The number of rotatable bonds is 8. The van der Waals surface area contributed by atoms with Crippen LogP contribution < -0.4 is 10.6 Å². The highest BCUT2D eigenvalue weighted by Gasteiger charge is 2.22. The molecule has 0 aliphatic rings. The lowest BCUT2D eigenvalue weighted by molar-refractivity contribution is -0.118. The standard InChI is InChI=1S/C28H27N5O2/c1-18(22-11-9-21(15-29)10-12-22)16-31-27(23-7-5-4-6-8-23)28(34)32-25-14-13-24(17-30-25)26-19(2)33-35-20(26)3/h4-14,17-18,27,31H,16H2,1-3H3,(H,30,32,34)/t18-,27?/m1/s1. The summed E-state index contributed by atoms with van der Waals surface area (Å²) >= 11 is 0. The fourth-order valence-corrected chi connectivity index (χ4v) is 4.02. The van der Waals surface area contributed by atoms with E-state index in [2.05, 4.69) is 33.8 Å². The Bertz CT molecular complexity index is 1300. The first-order chi connectivity index (χ1) is 17.0. The van der Waals surface area contributed by atoms with Crippen LogP contribution in [0.4, 0.5) is 5.82 Å². The summed E-state index contributed by atoms with van der Waals surface area (Å²) in [6.45, 7) is 6.41. The van der Waals surface area contributed by atoms with Crippen molar-refractivity contribution in [3.63, 3.8) is 0 Å². The van der Waals surface area contributed by atoms with Gasteiger partial charge in [0.25, 0.3) is 0 Å². The first-order valence-corrected chi connectivity index (χ1v) is 11.4. The third kappa shape index (κ3) is 5.62. The molecule has 2 aromatic heterocycles. The van der Waals surface area contributed by atoms with Gasteiger partial charge in [-0.1, -0.05) is 54.5 Å². The zero-order valence-corrected chi connectivity index (χ0v) is 19.9. The van der Waals surface area contributed by atoms with Crippen molar-refractivity contribution in [2.75, 3.05) is 11.9 Å². The second-order valence-corrected chi connectivity index (χ2v) is 8.51. The molecule has 2 N–H and O–H groups in total. The highest BCUT2D eigenvalue weighted by Crippen LogP contribution is 2.27. The lowest BCUT2D eigenvalue weighted by atomic mass is 9.98. The van der Waals surface area contributed by atoms with E-state index in [4.69, 9.17) is 9.78 Å². The molecule has 0 saturated heterocycles. The van der Waals surface area contributed by atoms with Crippen LogP contribution in [0.1, 0.15) is 47.0 Å². The van der Waals surface area contributed by atoms with Crippen LogP contribution in [0.5, 0.6) is 0 Å². The van der Waals surface area contributed by atoms with E-state index in [1.165, 1.54) is 0 Å². The number of aromatic nitrogens is 2. The largest absolute Gasteiger partial charge is 0.361 e. The number of nitriles is 1. The molecule has 1 amide bonds. The van der Waals surface area contributed by atoms with Gasteiger partial charge in [0.15, 0.2) is 0 Å². The molecule has 0 saturated carbocycles. The van der Waals surface area contributed by atoms with Gasteiger partial charge in [0.2, 0.25) is 5.91 Å². The minimum absolute atomic E-state index is 0.147. The predicted molar refractivity (Wildman–Crippen MR) is 135 cm³/mol. The number of nitrogens with one attached hydrogen (secondary N) is 2. The Kier molecular flexibility index (Phi) is 7.34. The van der Waals surface area contributed by atoms with Gasteiger partial charge in [-0.15, -0.1) is 0 Å². The third-order valence-electron chi connectivity index (χ3n) is 5.97. The fourth-order valence-electron chi connectivity index (χ4n) is 4.02. The van der Waals surface area contributed by atoms with E-state index in [1.54, 1.807) is 12.3 Å². The number of nitrogens with zero attached hydrogens (tertiary/aromatic N) is 3. The number of carbonyl (C=O) groups excluding carboxylic acids is 1. The van der Waals surface area contributed by atoms with Gasteiger partial charge in [-0.05, 0) is 55.2 Å². The zero-order valence-electron chi connectivity index (χ0n) is 19.9. The number of hydrogen-bond donors (Lipinski definition) is 2. The van der Waals surface area contributed by atoms with Crippen molar-refractivity contribution < 1.29 is 9.32 Å². The van der Waals surface area contributed by atoms with Gasteiger partial charge in [-0.2, -0.15) is 5.26 Å². The van der Waals surface area contributed by atoms with Crippen molar-refractivity contribution in [2.24, 2.45) is 0 Å². The van der Waals surface area contributed by atoms with E-state index >= 15 is 0 Å². The van der Waals surface area contributed by atoms with Gasteiger partial charge >= 0.3 is 0 Å². The van der Waals surface area contributed by atoms with Gasteiger partial charge in [0, 0.05) is 23.9 Å². The number of aryl methyl sites for hydroxylation is 2.